The molecule has 0 saturated carbocycles. The van der Waals surface area contributed by atoms with Crippen LogP contribution in [0.4, 0.5) is 5.69 Å². The molecule has 84 valence electrons. The Bertz CT molecular complexity index is 454. The molecule has 0 atom stereocenters. The van der Waals surface area contributed by atoms with Gasteiger partial charge in [0.25, 0.3) is 0 Å². The summed E-state index contributed by atoms with van der Waals surface area (Å²) in [5.41, 5.74) is 7.65. The van der Waals surface area contributed by atoms with Crippen molar-refractivity contribution in [1.29, 1.82) is 0 Å². The quantitative estimate of drug-likeness (QED) is 0.807. The standard InChI is InChI=1S/C12H14N2O2/c1-2-11(15)14-6-5-8-7-9(12(13)16)3-4-10(8)14/h3-4,7H,2,5-6H2,1H3,(H2,13,16). The lowest BCUT2D eigenvalue weighted by atomic mass is 10.1. The fourth-order valence-electron chi connectivity index (χ4n) is 2.00. The van der Waals surface area contributed by atoms with E-state index in [0.717, 1.165) is 17.7 Å². The summed E-state index contributed by atoms with van der Waals surface area (Å²) < 4.78 is 0. The number of hydrogen-bond donors (Lipinski definition) is 1. The topological polar surface area (TPSA) is 63.4 Å². The van der Waals surface area contributed by atoms with Crippen molar-refractivity contribution in [2.24, 2.45) is 5.73 Å². The molecule has 0 fully saturated rings. The van der Waals surface area contributed by atoms with Crippen molar-refractivity contribution in [3.8, 4) is 0 Å². The highest BCUT2D eigenvalue weighted by Gasteiger charge is 2.23. The van der Waals surface area contributed by atoms with Gasteiger partial charge >= 0.3 is 0 Å². The van der Waals surface area contributed by atoms with Gasteiger partial charge < -0.3 is 10.6 Å². The first-order chi connectivity index (χ1) is 7.63. The second-order valence-electron chi connectivity index (χ2n) is 3.86. The maximum atomic E-state index is 11.6. The first-order valence-corrected chi connectivity index (χ1v) is 5.36. The molecule has 16 heavy (non-hydrogen) atoms. The smallest absolute Gasteiger partial charge is 0.248 e. The summed E-state index contributed by atoms with van der Waals surface area (Å²) in [5, 5.41) is 0. The number of carbonyl (C=O) groups is 2. The third kappa shape index (κ3) is 1.66. The third-order valence-electron chi connectivity index (χ3n) is 2.86. The maximum Gasteiger partial charge on any atom is 0.248 e. The van der Waals surface area contributed by atoms with E-state index in [2.05, 4.69) is 0 Å². The van der Waals surface area contributed by atoms with Crippen LogP contribution >= 0.6 is 0 Å². The Morgan fingerprint density at radius 3 is 2.81 bits per heavy atom. The van der Waals surface area contributed by atoms with E-state index in [1.54, 1.807) is 23.1 Å². The number of rotatable bonds is 2. The largest absolute Gasteiger partial charge is 0.366 e. The molecule has 4 heteroatoms. The normalized spacial score (nSPS) is 13.7. The number of primary amides is 1. The van der Waals surface area contributed by atoms with Crippen LogP contribution in [0.2, 0.25) is 0 Å². The molecule has 0 unspecified atom stereocenters. The van der Waals surface area contributed by atoms with Crippen molar-refractivity contribution in [2.45, 2.75) is 19.8 Å². The maximum absolute atomic E-state index is 11.6. The second-order valence-corrected chi connectivity index (χ2v) is 3.86. The number of nitrogens with zero attached hydrogens (tertiary/aromatic N) is 1. The summed E-state index contributed by atoms with van der Waals surface area (Å²) in [6.07, 6.45) is 1.29. The summed E-state index contributed by atoms with van der Waals surface area (Å²) in [7, 11) is 0. The van der Waals surface area contributed by atoms with Crippen LogP contribution in [0, 0.1) is 0 Å². The fourth-order valence-corrected chi connectivity index (χ4v) is 2.00. The monoisotopic (exact) mass is 218 g/mol. The molecular formula is C12H14N2O2. The lowest BCUT2D eigenvalue weighted by Crippen LogP contribution is -2.27. The molecule has 2 N–H and O–H groups in total. The first kappa shape index (κ1) is 10.7. The van der Waals surface area contributed by atoms with Crippen LogP contribution in [0.3, 0.4) is 0 Å². The zero-order chi connectivity index (χ0) is 11.7. The van der Waals surface area contributed by atoms with Crippen LogP contribution in [-0.4, -0.2) is 18.4 Å². The molecule has 0 radical (unpaired) electrons. The number of anilines is 1. The molecule has 1 heterocycles. The minimum absolute atomic E-state index is 0.116. The van der Waals surface area contributed by atoms with Gasteiger partial charge in [0.05, 0.1) is 0 Å². The first-order valence-electron chi connectivity index (χ1n) is 5.36. The summed E-state index contributed by atoms with van der Waals surface area (Å²) in [5.74, 6) is -0.311. The molecule has 0 spiro atoms. The van der Waals surface area contributed by atoms with Gasteiger partial charge in [-0.05, 0) is 30.2 Å². The molecule has 0 aromatic heterocycles. The van der Waals surface area contributed by atoms with Crippen LogP contribution in [-0.2, 0) is 11.2 Å². The number of amides is 2. The summed E-state index contributed by atoms with van der Waals surface area (Å²) in [6.45, 7) is 2.54. The Labute approximate surface area is 94.0 Å². The Kier molecular flexibility index (Phi) is 2.64. The van der Waals surface area contributed by atoms with Gasteiger partial charge in [-0.3, -0.25) is 9.59 Å². The van der Waals surface area contributed by atoms with E-state index in [9.17, 15) is 9.59 Å². The number of fused-ring (bicyclic) bond motifs is 1. The molecule has 1 aliphatic rings. The van der Waals surface area contributed by atoms with E-state index in [1.807, 2.05) is 6.92 Å². The third-order valence-corrected chi connectivity index (χ3v) is 2.86. The minimum Gasteiger partial charge on any atom is -0.366 e. The lowest BCUT2D eigenvalue weighted by molar-refractivity contribution is -0.118. The lowest BCUT2D eigenvalue weighted by Gasteiger charge is -2.16. The van der Waals surface area contributed by atoms with Crippen molar-refractivity contribution < 1.29 is 9.59 Å². The van der Waals surface area contributed by atoms with Crippen molar-refractivity contribution in [3.63, 3.8) is 0 Å². The van der Waals surface area contributed by atoms with Gasteiger partial charge in [0.1, 0.15) is 0 Å². The van der Waals surface area contributed by atoms with Crippen molar-refractivity contribution in [2.75, 3.05) is 11.4 Å². The van der Waals surface area contributed by atoms with Crippen molar-refractivity contribution in [3.05, 3.63) is 29.3 Å². The molecule has 1 aliphatic heterocycles. The molecule has 4 nitrogen and oxygen atoms in total. The zero-order valence-corrected chi connectivity index (χ0v) is 9.19. The van der Waals surface area contributed by atoms with E-state index in [4.69, 9.17) is 5.73 Å². The molecule has 1 aromatic carbocycles. The molecule has 0 bridgehead atoms. The summed E-state index contributed by atoms with van der Waals surface area (Å²) in [6, 6.07) is 5.25. The van der Waals surface area contributed by atoms with Crippen LogP contribution in [0.15, 0.2) is 18.2 Å². The molecule has 0 saturated heterocycles. The van der Waals surface area contributed by atoms with Crippen LogP contribution in [0.1, 0.15) is 29.3 Å². The number of carbonyl (C=O) groups excluding carboxylic acids is 2. The predicted molar refractivity (Wildman–Crippen MR) is 61.3 cm³/mol. The Morgan fingerprint density at radius 2 is 2.19 bits per heavy atom. The van der Waals surface area contributed by atoms with Crippen LogP contribution < -0.4 is 10.6 Å². The minimum atomic E-state index is -0.428. The Morgan fingerprint density at radius 1 is 1.44 bits per heavy atom. The summed E-state index contributed by atoms with van der Waals surface area (Å²) >= 11 is 0. The average molecular weight is 218 g/mol. The van der Waals surface area contributed by atoms with Gasteiger partial charge in [-0.2, -0.15) is 0 Å². The predicted octanol–water partition coefficient (Wildman–Crippen LogP) is 1.08. The Balaban J connectivity index is 2.36. The van der Waals surface area contributed by atoms with E-state index >= 15 is 0 Å². The van der Waals surface area contributed by atoms with Gasteiger partial charge in [0, 0.05) is 24.2 Å². The van der Waals surface area contributed by atoms with E-state index < -0.39 is 5.91 Å². The van der Waals surface area contributed by atoms with Crippen molar-refractivity contribution in [1.82, 2.24) is 0 Å². The second kappa shape index (κ2) is 3.96. The highest BCUT2D eigenvalue weighted by Crippen LogP contribution is 2.29. The van der Waals surface area contributed by atoms with Gasteiger partial charge in [-0.1, -0.05) is 6.92 Å². The van der Waals surface area contributed by atoms with E-state index in [1.165, 1.54) is 0 Å². The number of hydrogen-bond acceptors (Lipinski definition) is 2. The van der Waals surface area contributed by atoms with Gasteiger partial charge in [-0.25, -0.2) is 0 Å². The number of benzene rings is 1. The van der Waals surface area contributed by atoms with Crippen molar-refractivity contribution >= 4 is 17.5 Å². The summed E-state index contributed by atoms with van der Waals surface area (Å²) in [4.78, 5) is 24.4. The van der Waals surface area contributed by atoms with Crippen LogP contribution in [0.5, 0.6) is 0 Å². The SMILES string of the molecule is CCC(=O)N1CCc2cc(C(N)=O)ccc21. The molecule has 0 aliphatic carbocycles. The molecule has 1 aromatic rings. The van der Waals surface area contributed by atoms with E-state index in [-0.39, 0.29) is 5.91 Å². The zero-order valence-electron chi connectivity index (χ0n) is 9.19. The molecule has 2 amide bonds. The molecular weight excluding hydrogens is 204 g/mol. The highest BCUT2D eigenvalue weighted by molar-refractivity contribution is 5.97. The van der Waals surface area contributed by atoms with Gasteiger partial charge in [0.15, 0.2) is 0 Å². The molecule has 2 rings (SSSR count). The average Bonchev–Trinajstić information content (AvgIpc) is 2.70. The van der Waals surface area contributed by atoms with Gasteiger partial charge in [0.2, 0.25) is 11.8 Å². The fraction of sp³-hybridized carbons (Fsp3) is 0.333. The van der Waals surface area contributed by atoms with E-state index in [0.29, 0.717) is 18.5 Å². The highest BCUT2D eigenvalue weighted by atomic mass is 16.2. The number of nitrogens with two attached hydrogens (primary N) is 1. The van der Waals surface area contributed by atoms with Gasteiger partial charge in [-0.15, -0.1) is 0 Å². The Hall–Kier alpha value is -1.84. The van der Waals surface area contributed by atoms with Crippen LogP contribution in [0.25, 0.3) is 0 Å².